The largest absolute Gasteiger partial charge is 0.455 e. The molecule has 0 spiro atoms. The van der Waals surface area contributed by atoms with Crippen molar-refractivity contribution in [1.82, 2.24) is 5.32 Å². The first-order valence-corrected chi connectivity index (χ1v) is 11.7. The van der Waals surface area contributed by atoms with Crippen molar-refractivity contribution in [2.75, 3.05) is 0 Å². The van der Waals surface area contributed by atoms with Crippen LogP contribution < -0.4 is 5.32 Å². The lowest BCUT2D eigenvalue weighted by molar-refractivity contribution is 0.174. The van der Waals surface area contributed by atoms with Crippen LogP contribution in [0.5, 0.6) is 0 Å². The molecule has 1 aromatic heterocycles. The third-order valence-electron chi connectivity index (χ3n) is 8.22. The molecule has 0 fully saturated rings. The number of furan rings is 1. The maximum Gasteiger partial charge on any atom is 0.145 e. The topological polar surface area (TPSA) is 37.5 Å². The van der Waals surface area contributed by atoms with Crippen LogP contribution in [-0.2, 0) is 0 Å². The molecule has 168 valence electrons. The number of nitrogens with one attached hydrogen (secondary N) is 1. The molecule has 3 heteroatoms. The van der Waals surface area contributed by atoms with Gasteiger partial charge in [-0.15, -0.1) is 6.58 Å². The zero-order chi connectivity index (χ0) is 23.8. The number of hydrogen-bond acceptors (Lipinski definition) is 3. The highest BCUT2D eigenvalue weighted by Crippen LogP contribution is 2.52. The molecule has 5 aromatic rings. The average Bonchev–Trinajstić information content (AvgIpc) is 3.39. The van der Waals surface area contributed by atoms with Crippen LogP contribution in [0.15, 0.2) is 89.3 Å². The Labute approximate surface area is 199 Å². The lowest BCUT2D eigenvalue weighted by atomic mass is 9.67. The van der Waals surface area contributed by atoms with Gasteiger partial charge in [0.05, 0.1) is 11.6 Å². The number of aliphatic imine (C=N–C) groups is 1. The predicted octanol–water partition coefficient (Wildman–Crippen LogP) is 8.18. The molecule has 1 aliphatic heterocycles. The first-order valence-electron chi connectivity index (χ1n) is 11.7. The Balaban J connectivity index is 1.61. The van der Waals surface area contributed by atoms with Crippen molar-refractivity contribution in [2.24, 2.45) is 10.4 Å². The number of rotatable bonds is 4. The second kappa shape index (κ2) is 6.83. The van der Waals surface area contributed by atoms with Crippen molar-refractivity contribution in [1.29, 1.82) is 0 Å². The fraction of sp³-hybridized carbons (Fsp3) is 0.194. The van der Waals surface area contributed by atoms with E-state index in [9.17, 15) is 0 Å². The molecule has 2 heterocycles. The second-order valence-corrected chi connectivity index (χ2v) is 10.2. The van der Waals surface area contributed by atoms with Gasteiger partial charge in [0.25, 0.3) is 0 Å². The monoisotopic (exact) mass is 444 g/mol. The van der Waals surface area contributed by atoms with Crippen molar-refractivity contribution in [3.8, 4) is 0 Å². The van der Waals surface area contributed by atoms with E-state index in [0.29, 0.717) is 0 Å². The molecule has 1 aliphatic rings. The molecule has 2 unspecified atom stereocenters. The molecule has 0 saturated heterocycles. The summed E-state index contributed by atoms with van der Waals surface area (Å²) in [5, 5.41) is 10.8. The van der Waals surface area contributed by atoms with E-state index < -0.39 is 5.54 Å². The maximum atomic E-state index is 6.57. The summed E-state index contributed by atoms with van der Waals surface area (Å²) in [6.45, 7) is 18.7. The Morgan fingerprint density at radius 2 is 1.68 bits per heavy atom. The Kier molecular flexibility index (Phi) is 4.17. The molecule has 3 nitrogen and oxygen atoms in total. The van der Waals surface area contributed by atoms with Crippen molar-refractivity contribution >= 4 is 55.9 Å². The number of fused-ring (bicyclic) bond motifs is 8. The van der Waals surface area contributed by atoms with Crippen LogP contribution in [0.1, 0.15) is 37.9 Å². The summed E-state index contributed by atoms with van der Waals surface area (Å²) in [6, 6.07) is 21.7. The van der Waals surface area contributed by atoms with Crippen molar-refractivity contribution in [3.63, 3.8) is 0 Å². The van der Waals surface area contributed by atoms with E-state index in [4.69, 9.17) is 4.42 Å². The lowest BCUT2D eigenvalue weighted by Gasteiger charge is -2.43. The van der Waals surface area contributed by atoms with Crippen molar-refractivity contribution in [2.45, 2.75) is 32.4 Å². The van der Waals surface area contributed by atoms with E-state index in [1.807, 2.05) is 6.08 Å². The molecule has 0 radical (unpaired) electrons. The van der Waals surface area contributed by atoms with Gasteiger partial charge in [0, 0.05) is 27.4 Å². The Morgan fingerprint density at radius 1 is 0.912 bits per heavy atom. The highest BCUT2D eigenvalue weighted by Gasteiger charge is 2.48. The Morgan fingerprint density at radius 3 is 2.44 bits per heavy atom. The van der Waals surface area contributed by atoms with Gasteiger partial charge in [-0.2, -0.15) is 0 Å². The molecule has 2 atom stereocenters. The summed E-state index contributed by atoms with van der Waals surface area (Å²) in [4.78, 5) is 4.44. The molecule has 4 aromatic carbocycles. The number of benzene rings is 4. The molecule has 1 N–H and O–H groups in total. The molecular weight excluding hydrogens is 416 g/mol. The van der Waals surface area contributed by atoms with Gasteiger partial charge in [-0.1, -0.05) is 75.0 Å². The molecule has 34 heavy (non-hydrogen) atoms. The van der Waals surface area contributed by atoms with Crippen LogP contribution >= 0.6 is 0 Å². The average molecular weight is 445 g/mol. The molecule has 0 bridgehead atoms. The van der Waals surface area contributed by atoms with Gasteiger partial charge >= 0.3 is 0 Å². The summed E-state index contributed by atoms with van der Waals surface area (Å²) in [5.74, 6) is 0. The van der Waals surface area contributed by atoms with Crippen LogP contribution in [0.3, 0.4) is 0 Å². The van der Waals surface area contributed by atoms with E-state index >= 15 is 0 Å². The van der Waals surface area contributed by atoms with E-state index in [-0.39, 0.29) is 11.5 Å². The number of nitrogens with zero attached hydrogens (tertiary/aromatic N) is 1. The summed E-state index contributed by atoms with van der Waals surface area (Å²) >= 11 is 0. The fourth-order valence-electron chi connectivity index (χ4n) is 5.62. The molecule has 0 aliphatic carbocycles. The smallest absolute Gasteiger partial charge is 0.145 e. The van der Waals surface area contributed by atoms with Gasteiger partial charge in [0.2, 0.25) is 0 Å². The first-order chi connectivity index (χ1) is 16.3. The van der Waals surface area contributed by atoms with Gasteiger partial charge in [-0.3, -0.25) is 4.99 Å². The van der Waals surface area contributed by atoms with Gasteiger partial charge in [-0.05, 0) is 52.9 Å². The maximum absolute atomic E-state index is 6.57. The van der Waals surface area contributed by atoms with Crippen LogP contribution in [-0.4, -0.2) is 12.3 Å². The third-order valence-corrected chi connectivity index (χ3v) is 8.22. The lowest BCUT2D eigenvalue weighted by Crippen LogP contribution is -2.45. The third kappa shape index (κ3) is 2.55. The summed E-state index contributed by atoms with van der Waals surface area (Å²) in [5.41, 5.74) is 4.08. The van der Waals surface area contributed by atoms with E-state index in [1.165, 1.54) is 27.1 Å². The highest BCUT2D eigenvalue weighted by atomic mass is 16.3. The van der Waals surface area contributed by atoms with Gasteiger partial charge in [0.15, 0.2) is 0 Å². The van der Waals surface area contributed by atoms with Crippen LogP contribution in [0.2, 0.25) is 0 Å². The van der Waals surface area contributed by atoms with E-state index in [2.05, 4.69) is 112 Å². The van der Waals surface area contributed by atoms with Crippen LogP contribution in [0, 0.1) is 5.41 Å². The van der Waals surface area contributed by atoms with Crippen molar-refractivity contribution in [3.05, 3.63) is 91.0 Å². The predicted molar refractivity (Wildman–Crippen MR) is 146 cm³/mol. The van der Waals surface area contributed by atoms with E-state index in [1.54, 1.807) is 0 Å². The minimum absolute atomic E-state index is 0.00382. The van der Waals surface area contributed by atoms with Crippen molar-refractivity contribution < 1.29 is 4.42 Å². The fourth-order valence-corrected chi connectivity index (χ4v) is 5.62. The minimum Gasteiger partial charge on any atom is -0.455 e. The number of hydrogen-bond donors (Lipinski definition) is 1. The summed E-state index contributed by atoms with van der Waals surface area (Å²) in [6.07, 6.45) is 1.89. The second-order valence-electron chi connectivity index (χ2n) is 10.2. The van der Waals surface area contributed by atoms with Gasteiger partial charge in [-0.25, -0.2) is 0 Å². The van der Waals surface area contributed by atoms with E-state index in [0.717, 1.165) is 33.2 Å². The Bertz CT molecular complexity index is 1680. The van der Waals surface area contributed by atoms with Gasteiger partial charge < -0.3 is 9.73 Å². The quantitative estimate of drug-likeness (QED) is 0.172. The SMILES string of the molecule is C=CC(C)(N=C)C(C)(C)C1NC(=C)c2c1ccc1c2oc2cc3c(ccc4ccccc43)cc21. The first kappa shape index (κ1) is 20.7. The normalized spacial score (nSPS) is 17.7. The van der Waals surface area contributed by atoms with Gasteiger partial charge in [0.1, 0.15) is 11.2 Å². The minimum atomic E-state index is -0.506. The Hall–Kier alpha value is -3.85. The molecule has 0 saturated carbocycles. The summed E-state index contributed by atoms with van der Waals surface area (Å²) in [7, 11) is 0. The van der Waals surface area contributed by atoms with Crippen LogP contribution in [0.25, 0.3) is 49.2 Å². The zero-order valence-corrected chi connectivity index (χ0v) is 19.9. The van der Waals surface area contributed by atoms with Crippen LogP contribution in [0.4, 0.5) is 0 Å². The standard InChI is InChI=1S/C31H28N2O/c1-7-31(5,32-6)30(3,4)29-23-15-14-22-25-16-20-13-12-19-10-8-9-11-21(19)24(20)17-26(25)34-28(22)27(23)18(2)33-29/h7-17,29,33H,1-2,6H2,3-5H3. The zero-order valence-electron chi connectivity index (χ0n) is 19.9. The molecule has 0 amide bonds. The highest BCUT2D eigenvalue weighted by molar-refractivity contribution is 6.17. The summed E-state index contributed by atoms with van der Waals surface area (Å²) < 4.78 is 6.57. The molecular formula is C31H28N2O. The molecule has 6 rings (SSSR count).